The summed E-state index contributed by atoms with van der Waals surface area (Å²) in [6.45, 7) is 7.14. The predicted molar refractivity (Wildman–Crippen MR) is 182 cm³/mol. The summed E-state index contributed by atoms with van der Waals surface area (Å²) >= 11 is 0. The van der Waals surface area contributed by atoms with Gasteiger partial charge in [0.2, 0.25) is 27.7 Å². The molecule has 0 bridgehead atoms. The molecule has 50 heavy (non-hydrogen) atoms. The molecule has 1 aliphatic carbocycles. The third-order valence-corrected chi connectivity index (χ3v) is 10.4. The number of halogens is 4. The molecule has 4 rings (SSSR count). The molecule has 0 radical (unpaired) electrons. The van der Waals surface area contributed by atoms with Gasteiger partial charge >= 0.3 is 6.18 Å². The van der Waals surface area contributed by atoms with Crippen LogP contribution in [0, 0.1) is 17.7 Å². The third-order valence-electron chi connectivity index (χ3n) is 9.75. The molecule has 0 saturated carbocycles. The molecule has 2 unspecified atom stereocenters. The molecule has 1 heterocycles. The highest BCUT2D eigenvalue weighted by molar-refractivity contribution is 7.88. The Morgan fingerprint density at radius 3 is 2.28 bits per heavy atom. The zero-order valence-electron chi connectivity index (χ0n) is 28.8. The van der Waals surface area contributed by atoms with Crippen molar-refractivity contribution in [2.75, 3.05) is 12.8 Å². The van der Waals surface area contributed by atoms with E-state index in [2.05, 4.69) is 25.7 Å². The summed E-state index contributed by atoms with van der Waals surface area (Å²) in [7, 11) is -3.62. The van der Waals surface area contributed by atoms with Gasteiger partial charge in [0.25, 0.3) is 0 Å². The second-order valence-corrected chi connectivity index (χ2v) is 15.2. The number of fused-ring (bicyclic) bond motifs is 3. The number of rotatable bonds is 14. The van der Waals surface area contributed by atoms with Crippen LogP contribution in [0.5, 0.6) is 0 Å². The van der Waals surface area contributed by atoms with Crippen molar-refractivity contribution in [2.24, 2.45) is 11.8 Å². The molecule has 5 atom stereocenters. The van der Waals surface area contributed by atoms with Crippen LogP contribution in [0.3, 0.4) is 0 Å². The van der Waals surface area contributed by atoms with Crippen molar-refractivity contribution >= 4 is 38.6 Å². The van der Waals surface area contributed by atoms with E-state index in [-0.39, 0.29) is 54.6 Å². The average Bonchev–Trinajstić information content (AvgIpc) is 3.42. The highest BCUT2D eigenvalue weighted by Gasteiger charge is 2.47. The first-order valence-corrected chi connectivity index (χ1v) is 18.6. The van der Waals surface area contributed by atoms with Crippen molar-refractivity contribution < 1.29 is 40.4 Å². The summed E-state index contributed by atoms with van der Waals surface area (Å²) in [5.74, 6) is -3.14. The number of hydrogen-bond acceptors (Lipinski definition) is 5. The number of aromatic amines is 1. The molecule has 1 aliphatic rings. The first kappa shape index (κ1) is 38.8. The van der Waals surface area contributed by atoms with E-state index in [0.717, 1.165) is 12.3 Å². The summed E-state index contributed by atoms with van der Waals surface area (Å²) in [6, 6.07) is 7.72. The monoisotopic (exact) mass is 723 g/mol. The van der Waals surface area contributed by atoms with E-state index in [4.69, 9.17) is 0 Å². The normalized spacial score (nSPS) is 18.8. The standard InChI is InChI=1S/C35H45F4N5O5S/c1-6-20(3)28(19-40-50(5,48)49)42-33(47)34(16-15-27-24(18-34)23-12-10-13-25(31(23)41-27)35(37,38)39)44-32(46)30(21(4)7-2)43-29(45)17-22-11-8-9-14-26(22)36/h8-14,20-21,28,30,40-41H,6-7,15-19H2,1-5H3,(H,42,47)(H,43,45)(H,44,46)/t20-,21?,28?,30-,34+/m0/s1. The maximum atomic E-state index is 14.4. The Labute approximate surface area is 289 Å². The number of benzene rings is 2. The minimum Gasteiger partial charge on any atom is -0.358 e. The fourth-order valence-corrected chi connectivity index (χ4v) is 6.83. The van der Waals surface area contributed by atoms with Crippen molar-refractivity contribution in [3.05, 3.63) is 70.7 Å². The molecule has 274 valence electrons. The number of sulfonamides is 1. The number of carbonyl (C=O) groups is 3. The van der Waals surface area contributed by atoms with Crippen molar-refractivity contribution in [2.45, 2.75) is 90.0 Å². The van der Waals surface area contributed by atoms with Crippen LogP contribution < -0.4 is 20.7 Å². The summed E-state index contributed by atoms with van der Waals surface area (Å²) in [4.78, 5) is 44.6. The van der Waals surface area contributed by atoms with E-state index < -0.39 is 68.8 Å². The molecule has 10 nitrogen and oxygen atoms in total. The van der Waals surface area contributed by atoms with E-state index >= 15 is 0 Å². The quantitative estimate of drug-likeness (QED) is 0.155. The van der Waals surface area contributed by atoms with E-state index in [0.29, 0.717) is 24.1 Å². The number of amides is 3. The largest absolute Gasteiger partial charge is 0.418 e. The second-order valence-electron chi connectivity index (χ2n) is 13.3. The number of aryl methyl sites for hydroxylation is 1. The number of alkyl halides is 3. The van der Waals surface area contributed by atoms with Gasteiger partial charge in [0.1, 0.15) is 17.4 Å². The zero-order valence-corrected chi connectivity index (χ0v) is 29.6. The predicted octanol–water partition coefficient (Wildman–Crippen LogP) is 4.52. The first-order valence-electron chi connectivity index (χ1n) is 16.7. The molecule has 1 aromatic heterocycles. The van der Waals surface area contributed by atoms with Gasteiger partial charge in [0, 0.05) is 30.1 Å². The van der Waals surface area contributed by atoms with Crippen LogP contribution in [-0.2, 0) is 49.8 Å². The lowest BCUT2D eigenvalue weighted by Crippen LogP contribution is -2.66. The van der Waals surface area contributed by atoms with Gasteiger partial charge in [-0.15, -0.1) is 0 Å². The summed E-state index contributed by atoms with van der Waals surface area (Å²) in [5.41, 5.74) is -1.59. The minimum atomic E-state index is -4.64. The Morgan fingerprint density at radius 2 is 1.66 bits per heavy atom. The zero-order chi connectivity index (χ0) is 37.0. The number of aromatic nitrogens is 1. The van der Waals surface area contributed by atoms with E-state index in [1.165, 1.54) is 30.3 Å². The first-order chi connectivity index (χ1) is 23.4. The third kappa shape index (κ3) is 9.02. The van der Waals surface area contributed by atoms with Crippen LogP contribution in [0.1, 0.15) is 69.3 Å². The Bertz CT molecular complexity index is 1830. The molecule has 3 aromatic rings. The molecule has 0 fully saturated rings. The maximum absolute atomic E-state index is 14.4. The molecule has 2 aromatic carbocycles. The van der Waals surface area contributed by atoms with Crippen molar-refractivity contribution in [3.63, 3.8) is 0 Å². The van der Waals surface area contributed by atoms with Gasteiger partial charge in [-0.05, 0) is 47.9 Å². The Balaban J connectivity index is 1.73. The Kier molecular flexibility index (Phi) is 12.0. The molecular weight excluding hydrogens is 678 g/mol. The SMILES string of the molecule is CCC(C)[C@H](NC(=O)Cc1ccccc1F)C(=O)N[C@]1(C(=O)NC(CNS(C)(=O)=O)[C@@H](C)CC)CCc2[nH]c3c(C(F)(F)F)cccc3c2C1. The fourth-order valence-electron chi connectivity index (χ4n) is 6.35. The average molecular weight is 724 g/mol. The Morgan fingerprint density at radius 1 is 0.980 bits per heavy atom. The van der Waals surface area contributed by atoms with Gasteiger partial charge in [-0.1, -0.05) is 70.9 Å². The van der Waals surface area contributed by atoms with Gasteiger partial charge < -0.3 is 20.9 Å². The van der Waals surface area contributed by atoms with Gasteiger partial charge in [-0.2, -0.15) is 13.2 Å². The van der Waals surface area contributed by atoms with Crippen LogP contribution in [0.2, 0.25) is 0 Å². The number of para-hydroxylation sites is 1. The molecule has 5 N–H and O–H groups in total. The van der Waals surface area contributed by atoms with Crippen molar-refractivity contribution in [3.8, 4) is 0 Å². The maximum Gasteiger partial charge on any atom is 0.418 e. The highest BCUT2D eigenvalue weighted by atomic mass is 32.2. The second kappa shape index (κ2) is 15.5. The highest BCUT2D eigenvalue weighted by Crippen LogP contribution is 2.40. The fraction of sp³-hybridized carbons (Fsp3) is 0.514. The lowest BCUT2D eigenvalue weighted by atomic mass is 9.78. The van der Waals surface area contributed by atoms with Crippen LogP contribution in [0.25, 0.3) is 10.9 Å². The van der Waals surface area contributed by atoms with E-state index in [1.807, 2.05) is 20.8 Å². The van der Waals surface area contributed by atoms with Gasteiger partial charge in [-0.25, -0.2) is 17.5 Å². The molecule has 0 saturated heterocycles. The topological polar surface area (TPSA) is 149 Å². The van der Waals surface area contributed by atoms with Crippen LogP contribution >= 0.6 is 0 Å². The lowest BCUT2D eigenvalue weighted by Gasteiger charge is -2.40. The van der Waals surface area contributed by atoms with Crippen molar-refractivity contribution in [1.82, 2.24) is 25.7 Å². The van der Waals surface area contributed by atoms with Gasteiger partial charge in [0.15, 0.2) is 0 Å². The number of nitrogens with one attached hydrogen (secondary N) is 5. The number of carbonyl (C=O) groups excluding carboxylic acids is 3. The lowest BCUT2D eigenvalue weighted by molar-refractivity contribution is -0.137. The Hall–Kier alpha value is -3.98. The van der Waals surface area contributed by atoms with E-state index in [1.54, 1.807) is 13.0 Å². The van der Waals surface area contributed by atoms with Crippen LogP contribution in [0.4, 0.5) is 17.6 Å². The molecule has 0 spiro atoms. The number of H-pyrrole nitrogens is 1. The number of hydrogen-bond donors (Lipinski definition) is 5. The van der Waals surface area contributed by atoms with Gasteiger partial charge in [0.05, 0.1) is 23.8 Å². The summed E-state index contributed by atoms with van der Waals surface area (Å²) in [6.07, 6.45) is -3.02. The minimum absolute atomic E-state index is 0.00508. The van der Waals surface area contributed by atoms with Crippen molar-refractivity contribution in [1.29, 1.82) is 0 Å². The summed E-state index contributed by atoms with van der Waals surface area (Å²) in [5, 5.41) is 8.78. The van der Waals surface area contributed by atoms with Gasteiger partial charge in [-0.3, -0.25) is 14.4 Å². The van der Waals surface area contributed by atoms with Crippen LogP contribution in [-0.4, -0.2) is 61.5 Å². The molecule has 15 heteroatoms. The molecule has 0 aliphatic heterocycles. The van der Waals surface area contributed by atoms with E-state index in [9.17, 15) is 40.4 Å². The summed E-state index contributed by atoms with van der Waals surface area (Å²) < 4.78 is 82.5. The van der Waals surface area contributed by atoms with Crippen LogP contribution in [0.15, 0.2) is 42.5 Å². The molecular formula is C35H45F4N5O5S. The smallest absolute Gasteiger partial charge is 0.358 e. The molecule has 3 amide bonds.